The molecule has 0 radical (unpaired) electrons. The fourth-order valence-electron chi connectivity index (χ4n) is 2.93. The first-order chi connectivity index (χ1) is 11.7. The van der Waals surface area contributed by atoms with Gasteiger partial charge < -0.3 is 15.0 Å². The standard InChI is InChI=1S/C17H24N4OS2/c1-21-10-4-3-7-14(21)9-11-23-17-20-19-16(24-17)18-13-6-5-8-15(12-13)22-2/h5-6,8,12,14H,3-4,7,9-11H2,1-2H3,(H,18,19). The third kappa shape index (κ3) is 4.84. The molecule has 1 N–H and O–H groups in total. The first kappa shape index (κ1) is 17.5. The maximum atomic E-state index is 5.24. The number of likely N-dealkylation sites (tertiary alicyclic amines) is 1. The molecule has 1 aromatic carbocycles. The van der Waals surface area contributed by atoms with Gasteiger partial charge in [0, 0.05) is 23.5 Å². The van der Waals surface area contributed by atoms with E-state index in [0.717, 1.165) is 32.7 Å². The van der Waals surface area contributed by atoms with Crippen LogP contribution in [0.3, 0.4) is 0 Å². The van der Waals surface area contributed by atoms with E-state index in [9.17, 15) is 0 Å². The topological polar surface area (TPSA) is 50.3 Å². The molecule has 24 heavy (non-hydrogen) atoms. The van der Waals surface area contributed by atoms with Crippen molar-refractivity contribution in [3.05, 3.63) is 24.3 Å². The number of methoxy groups -OCH3 is 1. The summed E-state index contributed by atoms with van der Waals surface area (Å²) < 4.78 is 6.26. The third-order valence-electron chi connectivity index (χ3n) is 4.33. The number of nitrogens with zero attached hydrogens (tertiary/aromatic N) is 3. The van der Waals surface area contributed by atoms with Crippen molar-refractivity contribution in [3.8, 4) is 5.75 Å². The van der Waals surface area contributed by atoms with Gasteiger partial charge in [0.05, 0.1) is 7.11 Å². The van der Waals surface area contributed by atoms with Gasteiger partial charge in [0.2, 0.25) is 5.13 Å². The molecule has 130 valence electrons. The first-order valence-corrected chi connectivity index (χ1v) is 10.1. The fourth-order valence-corrected chi connectivity index (χ4v) is 4.82. The van der Waals surface area contributed by atoms with Crippen LogP contribution in [0.4, 0.5) is 10.8 Å². The van der Waals surface area contributed by atoms with Crippen LogP contribution in [-0.4, -0.2) is 47.6 Å². The number of rotatable bonds is 7. The Bertz CT molecular complexity index is 649. The van der Waals surface area contributed by atoms with Gasteiger partial charge in [0.1, 0.15) is 5.75 Å². The smallest absolute Gasteiger partial charge is 0.210 e. The molecule has 0 bridgehead atoms. The van der Waals surface area contributed by atoms with E-state index in [1.54, 1.807) is 18.4 Å². The number of hydrogen-bond donors (Lipinski definition) is 1. The van der Waals surface area contributed by atoms with Crippen LogP contribution in [0, 0.1) is 0 Å². The summed E-state index contributed by atoms with van der Waals surface area (Å²) in [6.07, 6.45) is 5.26. The average molecular weight is 365 g/mol. The van der Waals surface area contributed by atoms with Crippen LogP contribution >= 0.6 is 23.1 Å². The largest absolute Gasteiger partial charge is 0.497 e. The zero-order valence-corrected chi connectivity index (χ0v) is 15.8. The van der Waals surface area contributed by atoms with Crippen molar-refractivity contribution >= 4 is 33.9 Å². The van der Waals surface area contributed by atoms with Gasteiger partial charge in [-0.05, 0) is 45.0 Å². The van der Waals surface area contributed by atoms with Crippen molar-refractivity contribution in [1.29, 1.82) is 0 Å². The van der Waals surface area contributed by atoms with E-state index in [0.29, 0.717) is 0 Å². The molecule has 1 aliphatic rings. The molecule has 2 heterocycles. The molecule has 3 rings (SSSR count). The molecular weight excluding hydrogens is 340 g/mol. The minimum atomic E-state index is 0.730. The zero-order valence-electron chi connectivity index (χ0n) is 14.2. The molecule has 1 fully saturated rings. The van der Waals surface area contributed by atoms with Crippen LogP contribution in [-0.2, 0) is 0 Å². The molecule has 0 spiro atoms. The number of nitrogens with one attached hydrogen (secondary N) is 1. The van der Waals surface area contributed by atoms with Crippen LogP contribution in [0.2, 0.25) is 0 Å². The van der Waals surface area contributed by atoms with Crippen LogP contribution < -0.4 is 10.1 Å². The summed E-state index contributed by atoms with van der Waals surface area (Å²) in [4.78, 5) is 2.50. The molecule has 0 aliphatic carbocycles. The van der Waals surface area contributed by atoms with Crippen LogP contribution in [0.15, 0.2) is 28.6 Å². The summed E-state index contributed by atoms with van der Waals surface area (Å²) >= 11 is 3.41. The van der Waals surface area contributed by atoms with Crippen molar-refractivity contribution in [2.75, 3.05) is 31.8 Å². The maximum Gasteiger partial charge on any atom is 0.210 e. The monoisotopic (exact) mass is 364 g/mol. The third-order valence-corrected chi connectivity index (χ3v) is 6.33. The van der Waals surface area contributed by atoms with Crippen LogP contribution in [0.25, 0.3) is 0 Å². The highest BCUT2D eigenvalue weighted by atomic mass is 32.2. The summed E-state index contributed by atoms with van der Waals surface area (Å²) in [5.41, 5.74) is 0.964. The lowest BCUT2D eigenvalue weighted by atomic mass is 10.0. The number of benzene rings is 1. The minimum absolute atomic E-state index is 0.730. The zero-order chi connectivity index (χ0) is 16.8. The Balaban J connectivity index is 1.48. The van der Waals surface area contributed by atoms with Gasteiger partial charge in [0.25, 0.3) is 0 Å². The van der Waals surface area contributed by atoms with Gasteiger partial charge in [-0.1, -0.05) is 35.6 Å². The van der Waals surface area contributed by atoms with Gasteiger partial charge >= 0.3 is 0 Å². The van der Waals surface area contributed by atoms with E-state index in [4.69, 9.17) is 4.74 Å². The Hall–Kier alpha value is -1.31. The number of aromatic nitrogens is 2. The SMILES string of the molecule is COc1cccc(Nc2nnc(SCCC3CCCCN3C)s2)c1. The summed E-state index contributed by atoms with van der Waals surface area (Å²) in [6.45, 7) is 1.24. The quantitative estimate of drug-likeness (QED) is 0.741. The highest BCUT2D eigenvalue weighted by molar-refractivity contribution is 8.01. The Morgan fingerprint density at radius 1 is 1.38 bits per heavy atom. The Kier molecular flexibility index (Phi) is 6.34. The molecule has 0 saturated carbocycles. The Morgan fingerprint density at radius 3 is 3.12 bits per heavy atom. The number of hydrogen-bond acceptors (Lipinski definition) is 7. The van der Waals surface area contributed by atoms with Crippen LogP contribution in [0.1, 0.15) is 25.7 Å². The van der Waals surface area contributed by atoms with E-state index in [1.165, 1.54) is 32.2 Å². The van der Waals surface area contributed by atoms with Crippen molar-refractivity contribution in [1.82, 2.24) is 15.1 Å². The van der Waals surface area contributed by atoms with E-state index < -0.39 is 0 Å². The van der Waals surface area contributed by atoms with E-state index >= 15 is 0 Å². The number of piperidine rings is 1. The lowest BCUT2D eigenvalue weighted by Gasteiger charge is -2.32. The van der Waals surface area contributed by atoms with Gasteiger partial charge in [0.15, 0.2) is 4.34 Å². The maximum absolute atomic E-state index is 5.24. The number of anilines is 2. The van der Waals surface area contributed by atoms with Gasteiger partial charge in [-0.15, -0.1) is 10.2 Å². The fraction of sp³-hybridized carbons (Fsp3) is 0.529. The van der Waals surface area contributed by atoms with Crippen LogP contribution in [0.5, 0.6) is 5.75 Å². The Labute approximate surface area is 151 Å². The minimum Gasteiger partial charge on any atom is -0.497 e. The summed E-state index contributed by atoms with van der Waals surface area (Å²) in [5, 5.41) is 12.6. The molecule has 0 amide bonds. The lowest BCUT2D eigenvalue weighted by Crippen LogP contribution is -2.36. The predicted octanol–water partition coefficient (Wildman–Crippen LogP) is 4.26. The second-order valence-corrected chi connectivity index (χ2v) is 8.32. The van der Waals surface area contributed by atoms with Crippen molar-refractivity contribution in [2.24, 2.45) is 0 Å². The van der Waals surface area contributed by atoms with E-state index in [2.05, 4.69) is 27.5 Å². The number of thioether (sulfide) groups is 1. The summed E-state index contributed by atoms with van der Waals surface area (Å²) in [5.74, 6) is 1.93. The first-order valence-electron chi connectivity index (χ1n) is 8.32. The predicted molar refractivity (Wildman–Crippen MR) is 102 cm³/mol. The van der Waals surface area contributed by atoms with Crippen molar-refractivity contribution in [2.45, 2.75) is 36.1 Å². The molecule has 1 aromatic heterocycles. The van der Waals surface area contributed by atoms with E-state index in [-0.39, 0.29) is 0 Å². The molecule has 1 aliphatic heterocycles. The highest BCUT2D eigenvalue weighted by Crippen LogP contribution is 2.30. The molecule has 1 atom stereocenters. The molecule has 1 unspecified atom stereocenters. The molecular formula is C17H24N4OS2. The molecule has 1 saturated heterocycles. The summed E-state index contributed by atoms with van der Waals surface area (Å²) in [7, 11) is 3.91. The lowest BCUT2D eigenvalue weighted by molar-refractivity contribution is 0.182. The normalized spacial score (nSPS) is 18.5. The molecule has 5 nitrogen and oxygen atoms in total. The molecule has 2 aromatic rings. The highest BCUT2D eigenvalue weighted by Gasteiger charge is 2.18. The van der Waals surface area contributed by atoms with Crippen molar-refractivity contribution in [3.63, 3.8) is 0 Å². The Morgan fingerprint density at radius 2 is 2.29 bits per heavy atom. The average Bonchev–Trinajstić information content (AvgIpc) is 3.04. The second kappa shape index (κ2) is 8.69. The van der Waals surface area contributed by atoms with Gasteiger partial charge in [-0.2, -0.15) is 0 Å². The van der Waals surface area contributed by atoms with Gasteiger partial charge in [-0.3, -0.25) is 0 Å². The van der Waals surface area contributed by atoms with Crippen molar-refractivity contribution < 1.29 is 4.74 Å². The van der Waals surface area contributed by atoms with E-state index in [1.807, 2.05) is 36.0 Å². The second-order valence-electron chi connectivity index (χ2n) is 6.00. The van der Waals surface area contributed by atoms with Gasteiger partial charge in [-0.25, -0.2) is 0 Å². The molecule has 7 heteroatoms. The number of ether oxygens (including phenoxy) is 1. The summed E-state index contributed by atoms with van der Waals surface area (Å²) in [6, 6.07) is 8.56.